The van der Waals surface area contributed by atoms with Crippen molar-refractivity contribution in [1.29, 1.82) is 0 Å². The van der Waals surface area contributed by atoms with Crippen molar-refractivity contribution in [3.63, 3.8) is 0 Å². The minimum atomic E-state index is -0.856. The molecular formula is C15H16F2N2O2. The molecule has 2 aliphatic rings. The van der Waals surface area contributed by atoms with E-state index in [9.17, 15) is 18.4 Å². The number of hydrogen-bond acceptors (Lipinski definition) is 3. The van der Waals surface area contributed by atoms with Crippen molar-refractivity contribution in [2.75, 3.05) is 31.1 Å². The molecule has 0 aliphatic carbocycles. The van der Waals surface area contributed by atoms with Gasteiger partial charge in [0.05, 0.1) is 11.3 Å². The van der Waals surface area contributed by atoms with Gasteiger partial charge in [0.2, 0.25) is 0 Å². The summed E-state index contributed by atoms with van der Waals surface area (Å²) in [4.78, 5) is 27.1. The molecule has 2 aliphatic heterocycles. The third kappa shape index (κ3) is 2.55. The number of nitrogens with zero attached hydrogens (tertiary/aromatic N) is 2. The summed E-state index contributed by atoms with van der Waals surface area (Å²) in [7, 11) is 0. The number of amides is 1. The first-order chi connectivity index (χ1) is 10.1. The lowest BCUT2D eigenvalue weighted by molar-refractivity contribution is -0.114. The molecule has 3 rings (SSSR count). The van der Waals surface area contributed by atoms with Gasteiger partial charge in [0.1, 0.15) is 5.82 Å². The fraction of sp³-hybridized carbons (Fsp3) is 0.467. The fourth-order valence-electron chi connectivity index (χ4n) is 3.02. The van der Waals surface area contributed by atoms with Crippen LogP contribution in [0.5, 0.6) is 0 Å². The van der Waals surface area contributed by atoms with Crippen LogP contribution in [-0.4, -0.2) is 42.8 Å². The van der Waals surface area contributed by atoms with Gasteiger partial charge in [-0.1, -0.05) is 0 Å². The van der Waals surface area contributed by atoms with Gasteiger partial charge in [-0.3, -0.25) is 9.59 Å². The van der Waals surface area contributed by atoms with Gasteiger partial charge >= 0.3 is 0 Å². The van der Waals surface area contributed by atoms with Crippen LogP contribution in [0.25, 0.3) is 0 Å². The zero-order valence-corrected chi connectivity index (χ0v) is 11.6. The highest BCUT2D eigenvalue weighted by atomic mass is 19.1. The third-order valence-corrected chi connectivity index (χ3v) is 4.04. The Bertz CT molecular complexity index is 598. The Labute approximate surface area is 121 Å². The average Bonchev–Trinajstić information content (AvgIpc) is 3.02. The van der Waals surface area contributed by atoms with Crippen LogP contribution in [0.1, 0.15) is 29.6 Å². The number of hydrogen-bond donors (Lipinski definition) is 0. The van der Waals surface area contributed by atoms with E-state index in [2.05, 4.69) is 4.90 Å². The van der Waals surface area contributed by atoms with E-state index in [4.69, 9.17) is 0 Å². The lowest BCUT2D eigenvalue weighted by Gasteiger charge is -2.19. The lowest BCUT2D eigenvalue weighted by Crippen LogP contribution is -2.33. The molecule has 1 amide bonds. The third-order valence-electron chi connectivity index (χ3n) is 4.04. The van der Waals surface area contributed by atoms with Crippen LogP contribution < -0.4 is 4.90 Å². The summed E-state index contributed by atoms with van der Waals surface area (Å²) in [6.45, 7) is 3.18. The number of carbonyl (C=O) groups excluding carboxylic acids is 2. The highest BCUT2D eigenvalue weighted by Gasteiger charge is 2.38. The van der Waals surface area contributed by atoms with Gasteiger partial charge in [0, 0.05) is 12.6 Å². The molecule has 2 heterocycles. The Balaban J connectivity index is 1.74. The molecular weight excluding hydrogens is 278 g/mol. The number of halogens is 2. The first kappa shape index (κ1) is 14.1. The van der Waals surface area contributed by atoms with Gasteiger partial charge in [-0.05, 0) is 45.0 Å². The number of rotatable bonds is 4. The zero-order valence-electron chi connectivity index (χ0n) is 11.6. The first-order valence-electron chi connectivity index (χ1n) is 7.15. The second kappa shape index (κ2) is 5.52. The van der Waals surface area contributed by atoms with Crippen molar-refractivity contribution in [1.82, 2.24) is 4.90 Å². The van der Waals surface area contributed by atoms with E-state index < -0.39 is 23.3 Å². The van der Waals surface area contributed by atoms with Crippen LogP contribution >= 0.6 is 0 Å². The summed E-state index contributed by atoms with van der Waals surface area (Å²) in [5.41, 5.74) is -0.244. The van der Waals surface area contributed by atoms with Crippen molar-refractivity contribution in [3.05, 3.63) is 29.3 Å². The average molecular weight is 294 g/mol. The van der Waals surface area contributed by atoms with Crippen LogP contribution in [-0.2, 0) is 4.79 Å². The highest BCUT2D eigenvalue weighted by molar-refractivity contribution is 6.52. The number of benzene rings is 1. The van der Waals surface area contributed by atoms with E-state index in [0.717, 1.165) is 30.6 Å². The number of anilines is 1. The van der Waals surface area contributed by atoms with Crippen molar-refractivity contribution < 1.29 is 18.4 Å². The summed E-state index contributed by atoms with van der Waals surface area (Å²) in [6.07, 6.45) is 3.02. The molecule has 0 radical (unpaired) electrons. The molecule has 112 valence electrons. The van der Waals surface area contributed by atoms with Crippen molar-refractivity contribution in [2.45, 2.75) is 19.3 Å². The molecule has 0 spiro atoms. The Kier molecular flexibility index (Phi) is 3.71. The predicted molar refractivity (Wildman–Crippen MR) is 73.3 cm³/mol. The number of ketones is 1. The molecule has 0 unspecified atom stereocenters. The first-order valence-corrected chi connectivity index (χ1v) is 7.15. The molecule has 0 aromatic heterocycles. The Hall–Kier alpha value is -1.82. The zero-order chi connectivity index (χ0) is 15.0. The van der Waals surface area contributed by atoms with E-state index in [-0.39, 0.29) is 17.8 Å². The SMILES string of the molecule is O=C1C(=O)N(CCCN2CCCC2)c2c(F)cc(F)cc21. The Morgan fingerprint density at radius 1 is 1.05 bits per heavy atom. The minimum absolute atomic E-state index is 0.0761. The maximum Gasteiger partial charge on any atom is 0.299 e. The van der Waals surface area contributed by atoms with Gasteiger partial charge in [0.15, 0.2) is 5.82 Å². The molecule has 21 heavy (non-hydrogen) atoms. The topological polar surface area (TPSA) is 40.6 Å². The molecule has 0 N–H and O–H groups in total. The van der Waals surface area contributed by atoms with E-state index >= 15 is 0 Å². The maximum absolute atomic E-state index is 13.9. The van der Waals surface area contributed by atoms with Crippen LogP contribution in [0, 0.1) is 11.6 Å². The summed E-state index contributed by atoms with van der Waals surface area (Å²) >= 11 is 0. The fourth-order valence-corrected chi connectivity index (χ4v) is 3.02. The summed E-state index contributed by atoms with van der Waals surface area (Å²) in [5.74, 6) is -3.29. The van der Waals surface area contributed by atoms with E-state index in [0.29, 0.717) is 12.5 Å². The number of carbonyl (C=O) groups is 2. The van der Waals surface area contributed by atoms with Crippen LogP contribution in [0.4, 0.5) is 14.5 Å². The van der Waals surface area contributed by atoms with E-state index in [1.54, 1.807) is 0 Å². The quantitative estimate of drug-likeness (QED) is 0.797. The van der Waals surface area contributed by atoms with Gasteiger partial charge in [-0.25, -0.2) is 8.78 Å². The second-order valence-electron chi connectivity index (χ2n) is 5.47. The van der Waals surface area contributed by atoms with E-state index in [1.165, 1.54) is 12.8 Å². The molecule has 6 heteroatoms. The summed E-state index contributed by atoms with van der Waals surface area (Å²) < 4.78 is 27.1. The Morgan fingerprint density at radius 2 is 1.76 bits per heavy atom. The molecule has 1 aromatic rings. The van der Waals surface area contributed by atoms with Crippen LogP contribution in [0.3, 0.4) is 0 Å². The lowest BCUT2D eigenvalue weighted by atomic mass is 10.1. The number of Topliss-reactive ketones (excluding diaryl/α,β-unsaturated/α-hetero) is 1. The number of fused-ring (bicyclic) bond motifs is 1. The van der Waals surface area contributed by atoms with Gasteiger partial charge < -0.3 is 9.80 Å². The molecule has 1 saturated heterocycles. The highest BCUT2D eigenvalue weighted by Crippen LogP contribution is 2.32. The maximum atomic E-state index is 13.9. The second-order valence-corrected chi connectivity index (χ2v) is 5.47. The normalized spacial score (nSPS) is 18.7. The van der Waals surface area contributed by atoms with Crippen LogP contribution in [0.2, 0.25) is 0 Å². The van der Waals surface area contributed by atoms with Gasteiger partial charge in [-0.2, -0.15) is 0 Å². The molecule has 0 saturated carbocycles. The minimum Gasteiger partial charge on any atom is -0.303 e. The molecule has 1 fully saturated rings. The predicted octanol–water partition coefficient (Wildman–Crippen LogP) is 1.98. The molecule has 1 aromatic carbocycles. The largest absolute Gasteiger partial charge is 0.303 e. The molecule has 0 atom stereocenters. The Morgan fingerprint density at radius 3 is 2.48 bits per heavy atom. The summed E-state index contributed by atoms with van der Waals surface area (Å²) in [5, 5.41) is 0. The number of likely N-dealkylation sites (tertiary alicyclic amines) is 1. The standard InChI is InChI=1S/C15H16F2N2O2/c16-10-8-11-13(12(17)9-10)19(15(21)14(11)20)7-3-6-18-4-1-2-5-18/h8-9H,1-7H2. The van der Waals surface area contributed by atoms with Crippen LogP contribution in [0.15, 0.2) is 12.1 Å². The monoisotopic (exact) mass is 294 g/mol. The molecule has 4 nitrogen and oxygen atoms in total. The smallest absolute Gasteiger partial charge is 0.299 e. The van der Waals surface area contributed by atoms with Crippen molar-refractivity contribution in [2.24, 2.45) is 0 Å². The summed E-state index contributed by atoms with van der Waals surface area (Å²) in [6, 6.07) is 1.64. The molecule has 0 bridgehead atoms. The van der Waals surface area contributed by atoms with Gasteiger partial charge in [-0.15, -0.1) is 0 Å². The van der Waals surface area contributed by atoms with E-state index in [1.807, 2.05) is 0 Å². The van der Waals surface area contributed by atoms with Gasteiger partial charge in [0.25, 0.3) is 11.7 Å². The van der Waals surface area contributed by atoms with Crippen molar-refractivity contribution in [3.8, 4) is 0 Å². The van der Waals surface area contributed by atoms with Crippen molar-refractivity contribution >= 4 is 17.4 Å².